The van der Waals surface area contributed by atoms with Gasteiger partial charge in [-0.2, -0.15) is 0 Å². The van der Waals surface area contributed by atoms with Gasteiger partial charge in [-0.25, -0.2) is 9.97 Å². The number of anilines is 1. The van der Waals surface area contributed by atoms with Crippen LogP contribution in [0.15, 0.2) is 36.7 Å². The molecular formula is C12H13N3O. The molecule has 0 spiro atoms. The lowest BCUT2D eigenvalue weighted by Crippen LogP contribution is -1.95. The van der Waals surface area contributed by atoms with Crippen LogP contribution in [-0.4, -0.2) is 24.1 Å². The second kappa shape index (κ2) is 4.61. The maximum Gasteiger partial charge on any atom is 0.129 e. The van der Waals surface area contributed by atoms with Crippen LogP contribution in [0.1, 0.15) is 0 Å². The molecule has 82 valence electrons. The Balaban J connectivity index is 2.49. The summed E-state index contributed by atoms with van der Waals surface area (Å²) in [5, 5.41) is 2.98. The highest BCUT2D eigenvalue weighted by molar-refractivity contribution is 5.68. The van der Waals surface area contributed by atoms with Gasteiger partial charge < -0.3 is 10.1 Å². The van der Waals surface area contributed by atoms with E-state index in [1.807, 2.05) is 37.4 Å². The van der Waals surface area contributed by atoms with Gasteiger partial charge in [-0.15, -0.1) is 0 Å². The summed E-state index contributed by atoms with van der Waals surface area (Å²) in [4.78, 5) is 8.31. The number of para-hydroxylation sites is 1. The molecular weight excluding hydrogens is 202 g/mol. The fourth-order valence-electron chi connectivity index (χ4n) is 1.50. The molecule has 4 heteroatoms. The zero-order chi connectivity index (χ0) is 11.4. The highest BCUT2D eigenvalue weighted by Gasteiger charge is 2.06. The number of ether oxygens (including phenoxy) is 1. The van der Waals surface area contributed by atoms with Gasteiger partial charge in [-0.05, 0) is 12.1 Å². The Bertz CT molecular complexity index is 485. The monoisotopic (exact) mass is 215 g/mol. The first-order valence-corrected chi connectivity index (χ1v) is 4.98. The molecule has 0 aliphatic heterocycles. The Hall–Kier alpha value is -2.10. The molecule has 1 aromatic heterocycles. The van der Waals surface area contributed by atoms with Gasteiger partial charge in [0.2, 0.25) is 0 Å². The molecule has 2 rings (SSSR count). The maximum absolute atomic E-state index is 5.29. The Morgan fingerprint density at radius 2 is 2.00 bits per heavy atom. The fraction of sp³-hybridized carbons (Fsp3) is 0.167. The summed E-state index contributed by atoms with van der Waals surface area (Å²) in [6.45, 7) is 0. The van der Waals surface area contributed by atoms with Crippen molar-refractivity contribution in [2.45, 2.75) is 0 Å². The largest absolute Gasteiger partial charge is 0.496 e. The van der Waals surface area contributed by atoms with Crippen LogP contribution in [0.25, 0.3) is 11.3 Å². The minimum atomic E-state index is 0.788. The summed E-state index contributed by atoms with van der Waals surface area (Å²) in [6, 6.07) is 9.66. The summed E-state index contributed by atoms with van der Waals surface area (Å²) in [5.41, 5.74) is 1.81. The number of nitrogens with zero attached hydrogens (tertiary/aromatic N) is 2. The van der Waals surface area contributed by atoms with E-state index in [2.05, 4.69) is 15.3 Å². The Kier molecular flexibility index (Phi) is 3.00. The number of hydrogen-bond donors (Lipinski definition) is 1. The summed E-state index contributed by atoms with van der Waals surface area (Å²) in [5.74, 6) is 1.60. The molecule has 0 radical (unpaired) electrons. The molecule has 0 fully saturated rings. The quantitative estimate of drug-likeness (QED) is 0.852. The lowest BCUT2D eigenvalue weighted by molar-refractivity contribution is 0.416. The van der Waals surface area contributed by atoms with Crippen LogP contribution in [-0.2, 0) is 0 Å². The molecule has 4 nitrogen and oxygen atoms in total. The third kappa shape index (κ3) is 1.95. The molecule has 0 amide bonds. The molecule has 2 aromatic rings. The summed E-state index contributed by atoms with van der Waals surface area (Å²) in [7, 11) is 3.48. The zero-order valence-electron chi connectivity index (χ0n) is 9.27. The number of hydrogen-bond acceptors (Lipinski definition) is 4. The van der Waals surface area contributed by atoms with Gasteiger partial charge in [0.25, 0.3) is 0 Å². The first kappa shape index (κ1) is 10.4. The molecule has 0 aliphatic rings. The molecule has 0 saturated heterocycles. The van der Waals surface area contributed by atoms with E-state index in [9.17, 15) is 0 Å². The third-order valence-corrected chi connectivity index (χ3v) is 2.31. The van der Waals surface area contributed by atoms with Crippen LogP contribution in [0, 0.1) is 0 Å². The molecule has 16 heavy (non-hydrogen) atoms. The highest BCUT2D eigenvalue weighted by Crippen LogP contribution is 2.28. The maximum atomic E-state index is 5.29. The average molecular weight is 215 g/mol. The Morgan fingerprint density at radius 1 is 1.19 bits per heavy atom. The van der Waals surface area contributed by atoms with Gasteiger partial charge in [0.1, 0.15) is 17.9 Å². The van der Waals surface area contributed by atoms with Gasteiger partial charge in [-0.1, -0.05) is 12.1 Å². The van der Waals surface area contributed by atoms with Gasteiger partial charge >= 0.3 is 0 Å². The van der Waals surface area contributed by atoms with Gasteiger partial charge in [0.05, 0.1) is 12.8 Å². The topological polar surface area (TPSA) is 47.0 Å². The van der Waals surface area contributed by atoms with E-state index < -0.39 is 0 Å². The minimum Gasteiger partial charge on any atom is -0.496 e. The van der Waals surface area contributed by atoms with E-state index >= 15 is 0 Å². The number of benzene rings is 1. The third-order valence-electron chi connectivity index (χ3n) is 2.31. The van der Waals surface area contributed by atoms with Crippen molar-refractivity contribution in [3.63, 3.8) is 0 Å². The second-order valence-electron chi connectivity index (χ2n) is 3.24. The molecule has 0 atom stereocenters. The fourth-order valence-corrected chi connectivity index (χ4v) is 1.50. The van der Waals surface area contributed by atoms with Crippen molar-refractivity contribution in [1.82, 2.24) is 9.97 Å². The number of aromatic nitrogens is 2. The predicted octanol–water partition coefficient (Wildman–Crippen LogP) is 2.19. The first-order valence-electron chi connectivity index (χ1n) is 4.98. The van der Waals surface area contributed by atoms with E-state index in [1.165, 1.54) is 6.33 Å². The van der Waals surface area contributed by atoms with E-state index in [-0.39, 0.29) is 0 Å². The Labute approximate surface area is 94.3 Å². The van der Waals surface area contributed by atoms with Gasteiger partial charge in [0.15, 0.2) is 0 Å². The van der Waals surface area contributed by atoms with E-state index in [0.717, 1.165) is 22.8 Å². The summed E-state index contributed by atoms with van der Waals surface area (Å²) < 4.78 is 5.29. The smallest absolute Gasteiger partial charge is 0.129 e. The standard InChI is InChI=1S/C12H13N3O/c1-13-12-7-10(14-8-15-12)9-5-3-4-6-11(9)16-2/h3-8H,1-2H3,(H,13,14,15). The van der Waals surface area contributed by atoms with E-state index in [4.69, 9.17) is 4.74 Å². The van der Waals surface area contributed by atoms with Crippen molar-refractivity contribution >= 4 is 5.82 Å². The number of rotatable bonds is 3. The molecule has 1 heterocycles. The lowest BCUT2D eigenvalue weighted by atomic mass is 10.1. The van der Waals surface area contributed by atoms with Crippen LogP contribution >= 0.6 is 0 Å². The summed E-state index contributed by atoms with van der Waals surface area (Å²) in [6.07, 6.45) is 1.54. The first-order chi connectivity index (χ1) is 7.85. The normalized spacial score (nSPS) is 9.88. The molecule has 0 unspecified atom stereocenters. The SMILES string of the molecule is CNc1cc(-c2ccccc2OC)ncn1. The number of methoxy groups -OCH3 is 1. The molecule has 0 aliphatic carbocycles. The summed E-state index contributed by atoms with van der Waals surface area (Å²) >= 11 is 0. The van der Waals surface area contributed by atoms with Crippen molar-refractivity contribution < 1.29 is 4.74 Å². The average Bonchev–Trinajstić information content (AvgIpc) is 2.38. The van der Waals surface area contributed by atoms with Crippen LogP contribution < -0.4 is 10.1 Å². The van der Waals surface area contributed by atoms with Crippen molar-refractivity contribution in [3.05, 3.63) is 36.7 Å². The minimum absolute atomic E-state index is 0.788. The van der Waals surface area contributed by atoms with Crippen LogP contribution in [0.2, 0.25) is 0 Å². The number of nitrogens with one attached hydrogen (secondary N) is 1. The van der Waals surface area contributed by atoms with Crippen molar-refractivity contribution in [1.29, 1.82) is 0 Å². The Morgan fingerprint density at radius 3 is 2.75 bits per heavy atom. The van der Waals surface area contributed by atoms with Crippen LogP contribution in [0.4, 0.5) is 5.82 Å². The van der Waals surface area contributed by atoms with Crippen molar-refractivity contribution in [3.8, 4) is 17.0 Å². The molecule has 0 saturated carbocycles. The van der Waals surface area contributed by atoms with Crippen LogP contribution in [0.5, 0.6) is 5.75 Å². The lowest BCUT2D eigenvalue weighted by Gasteiger charge is -2.08. The predicted molar refractivity (Wildman–Crippen MR) is 63.6 cm³/mol. The van der Waals surface area contributed by atoms with Gasteiger partial charge in [0, 0.05) is 18.7 Å². The van der Waals surface area contributed by atoms with Crippen molar-refractivity contribution in [2.75, 3.05) is 19.5 Å². The molecule has 1 N–H and O–H groups in total. The van der Waals surface area contributed by atoms with Gasteiger partial charge in [-0.3, -0.25) is 0 Å². The van der Waals surface area contributed by atoms with Crippen LogP contribution in [0.3, 0.4) is 0 Å². The zero-order valence-corrected chi connectivity index (χ0v) is 9.27. The van der Waals surface area contributed by atoms with E-state index in [1.54, 1.807) is 7.11 Å². The molecule has 1 aromatic carbocycles. The highest BCUT2D eigenvalue weighted by atomic mass is 16.5. The van der Waals surface area contributed by atoms with Crippen molar-refractivity contribution in [2.24, 2.45) is 0 Å². The molecule has 0 bridgehead atoms. The van der Waals surface area contributed by atoms with E-state index in [0.29, 0.717) is 0 Å². The second-order valence-corrected chi connectivity index (χ2v) is 3.24.